The van der Waals surface area contributed by atoms with Gasteiger partial charge in [-0.25, -0.2) is 0 Å². The van der Waals surface area contributed by atoms with Gasteiger partial charge in [-0.3, -0.25) is 4.79 Å². The number of unbranched alkanes of at least 4 members (excludes halogenated alkanes) is 2. The maximum absolute atomic E-state index is 11.0. The molecule has 0 aliphatic heterocycles. The van der Waals surface area contributed by atoms with Crippen LogP contribution < -0.4 is 9.33 Å². The fourth-order valence-corrected chi connectivity index (χ4v) is 4.90. The van der Waals surface area contributed by atoms with Crippen LogP contribution in [0.5, 0.6) is 5.75 Å². The number of nitrogens with zero attached hydrogens (tertiary/aromatic N) is 1. The molecule has 0 unspecified atom stereocenters. The molecule has 0 amide bonds. The zero-order valence-corrected chi connectivity index (χ0v) is 22.8. The number of aldehydes is 1. The molecule has 0 saturated heterocycles. The molecular weight excluding hydrogens is 430 g/mol. The van der Waals surface area contributed by atoms with E-state index in [9.17, 15) is 4.79 Å². The van der Waals surface area contributed by atoms with Gasteiger partial charge in [-0.2, -0.15) is 0 Å². The third-order valence-electron chi connectivity index (χ3n) is 6.29. The number of thiophene rings is 1. The average Bonchev–Trinajstić information content (AvgIpc) is 3.20. The van der Waals surface area contributed by atoms with E-state index in [1.807, 2.05) is 12.1 Å². The molecule has 0 saturated carbocycles. The lowest BCUT2D eigenvalue weighted by Crippen LogP contribution is -2.44. The molecule has 0 spiro atoms. The molecule has 0 radical (unpaired) electrons. The monoisotopic (exact) mass is 471 g/mol. The van der Waals surface area contributed by atoms with Crippen molar-refractivity contribution in [3.05, 3.63) is 45.6 Å². The topological polar surface area (TPSA) is 29.5 Å². The lowest BCUT2D eigenvalue weighted by atomic mass is 10.1. The summed E-state index contributed by atoms with van der Waals surface area (Å²) >= 11 is 1.51. The molecule has 0 N–H and O–H groups in total. The first-order chi connectivity index (χ1) is 15.1. The summed E-state index contributed by atoms with van der Waals surface area (Å²) in [5, 5.41) is 0.126. The van der Waals surface area contributed by atoms with Crippen molar-refractivity contribution in [2.24, 2.45) is 0 Å². The van der Waals surface area contributed by atoms with Crippen LogP contribution in [0.4, 0.5) is 5.69 Å². The molecule has 5 heteroatoms. The Balaban J connectivity index is 2.43. The van der Waals surface area contributed by atoms with Crippen LogP contribution in [-0.2, 0) is 0 Å². The van der Waals surface area contributed by atoms with Gasteiger partial charge in [-0.05, 0) is 67.4 Å². The van der Waals surface area contributed by atoms with E-state index in [4.69, 9.17) is 4.43 Å². The minimum Gasteiger partial charge on any atom is -0.543 e. The maximum atomic E-state index is 11.0. The zero-order chi connectivity index (χ0) is 23.8. The van der Waals surface area contributed by atoms with Crippen molar-refractivity contribution in [2.75, 3.05) is 18.0 Å². The predicted octanol–water partition coefficient (Wildman–Crippen LogP) is 8.52. The summed E-state index contributed by atoms with van der Waals surface area (Å²) in [6.45, 7) is 18.1. The Morgan fingerprint density at radius 2 is 1.59 bits per heavy atom. The Morgan fingerprint density at radius 3 is 2.12 bits per heavy atom. The molecule has 176 valence electrons. The van der Waals surface area contributed by atoms with Crippen molar-refractivity contribution < 1.29 is 9.22 Å². The second kappa shape index (κ2) is 11.8. The Bertz CT molecular complexity index is 887. The minimum atomic E-state index is -1.99. The van der Waals surface area contributed by atoms with E-state index in [0.717, 1.165) is 40.4 Å². The Kier molecular flexibility index (Phi) is 9.77. The van der Waals surface area contributed by atoms with Crippen LogP contribution >= 0.6 is 11.3 Å². The molecule has 2 aromatic rings. The van der Waals surface area contributed by atoms with Crippen LogP contribution in [0, 0.1) is 0 Å². The third-order valence-corrected chi connectivity index (χ3v) is 11.6. The number of hydrogen-bond donors (Lipinski definition) is 0. The minimum absolute atomic E-state index is 0.126. The highest BCUT2D eigenvalue weighted by molar-refractivity contribution is 7.14. The summed E-state index contributed by atoms with van der Waals surface area (Å²) in [6, 6.07) is 10.5. The van der Waals surface area contributed by atoms with Crippen molar-refractivity contribution in [3.63, 3.8) is 0 Å². The third kappa shape index (κ3) is 7.34. The molecule has 0 bridgehead atoms. The van der Waals surface area contributed by atoms with Crippen LogP contribution in [0.3, 0.4) is 0 Å². The standard InChI is InChI=1S/C27H41NO2SSi/c1-8-10-18-28(19-11-9-2)23-14-12-22(13-15-24-16-17-25(21-29)31-24)26(20-23)30-32(6,7)27(3,4)5/h12-17,20-21H,8-11,18-19H2,1-7H3/b15-13+. The van der Waals surface area contributed by atoms with Gasteiger partial charge in [0.25, 0.3) is 8.32 Å². The first-order valence-electron chi connectivity index (χ1n) is 11.9. The van der Waals surface area contributed by atoms with Gasteiger partial charge in [0.2, 0.25) is 0 Å². The number of anilines is 1. The van der Waals surface area contributed by atoms with Gasteiger partial charge in [0.1, 0.15) is 5.75 Å². The highest BCUT2D eigenvalue weighted by Gasteiger charge is 2.39. The molecule has 1 aromatic heterocycles. The van der Waals surface area contributed by atoms with Crippen molar-refractivity contribution in [1.29, 1.82) is 0 Å². The van der Waals surface area contributed by atoms with Gasteiger partial charge < -0.3 is 9.33 Å². The van der Waals surface area contributed by atoms with E-state index in [0.29, 0.717) is 0 Å². The first-order valence-corrected chi connectivity index (χ1v) is 15.6. The van der Waals surface area contributed by atoms with Gasteiger partial charge in [0.15, 0.2) is 6.29 Å². The lowest BCUT2D eigenvalue weighted by Gasteiger charge is -2.37. The predicted molar refractivity (Wildman–Crippen MR) is 145 cm³/mol. The van der Waals surface area contributed by atoms with Gasteiger partial charge in [-0.1, -0.05) is 47.5 Å². The molecule has 3 nitrogen and oxygen atoms in total. The highest BCUT2D eigenvalue weighted by atomic mass is 32.1. The number of benzene rings is 1. The Hall–Kier alpha value is -1.85. The summed E-state index contributed by atoms with van der Waals surface area (Å²) in [7, 11) is -1.99. The van der Waals surface area contributed by atoms with Crippen molar-refractivity contribution in [1.82, 2.24) is 0 Å². The van der Waals surface area contributed by atoms with Gasteiger partial charge in [0.05, 0.1) is 4.88 Å². The smallest absolute Gasteiger partial charge is 0.250 e. The number of hydrogen-bond acceptors (Lipinski definition) is 4. The first kappa shape index (κ1) is 26.4. The van der Waals surface area contributed by atoms with Crippen LogP contribution in [0.25, 0.3) is 12.2 Å². The maximum Gasteiger partial charge on any atom is 0.250 e. The lowest BCUT2D eigenvalue weighted by molar-refractivity contribution is 0.112. The van der Waals surface area contributed by atoms with Crippen molar-refractivity contribution >= 4 is 43.8 Å². The van der Waals surface area contributed by atoms with Gasteiger partial charge in [0, 0.05) is 35.3 Å². The number of rotatable bonds is 12. The van der Waals surface area contributed by atoms with Crippen molar-refractivity contribution in [2.45, 2.75) is 78.4 Å². The summed E-state index contributed by atoms with van der Waals surface area (Å²) in [5.41, 5.74) is 2.34. The van der Waals surface area contributed by atoms with Crippen LogP contribution in [0.1, 0.15) is 80.4 Å². The summed E-state index contributed by atoms with van der Waals surface area (Å²) in [4.78, 5) is 15.3. The van der Waals surface area contributed by atoms with E-state index in [-0.39, 0.29) is 5.04 Å². The van der Waals surface area contributed by atoms with Crippen molar-refractivity contribution in [3.8, 4) is 5.75 Å². The van der Waals surface area contributed by atoms with E-state index in [2.05, 4.69) is 83.0 Å². The number of carbonyl (C=O) groups is 1. The number of carbonyl (C=O) groups excluding carboxylic acids is 1. The quantitative estimate of drug-likeness (QED) is 0.229. The van der Waals surface area contributed by atoms with Crippen LogP contribution in [-0.4, -0.2) is 27.7 Å². The molecule has 32 heavy (non-hydrogen) atoms. The summed E-state index contributed by atoms with van der Waals surface area (Å²) in [6.07, 6.45) is 9.89. The molecular formula is C27H41NO2SSi. The molecule has 2 rings (SSSR count). The molecule has 0 aliphatic carbocycles. The van der Waals surface area contributed by atoms with Crippen LogP contribution in [0.15, 0.2) is 30.3 Å². The molecule has 0 aliphatic rings. The molecule has 1 aromatic carbocycles. The normalized spacial score (nSPS) is 12.3. The summed E-state index contributed by atoms with van der Waals surface area (Å²) < 4.78 is 6.82. The zero-order valence-electron chi connectivity index (χ0n) is 21.0. The molecule has 0 fully saturated rings. The van der Waals surface area contributed by atoms with E-state index in [1.54, 1.807) is 0 Å². The average molecular weight is 472 g/mol. The highest BCUT2D eigenvalue weighted by Crippen LogP contribution is 2.39. The molecule has 1 heterocycles. The van der Waals surface area contributed by atoms with Crippen LogP contribution in [0.2, 0.25) is 18.1 Å². The Labute approximate surface area is 200 Å². The van der Waals surface area contributed by atoms with E-state index in [1.165, 1.54) is 42.7 Å². The second-order valence-electron chi connectivity index (χ2n) is 9.97. The second-order valence-corrected chi connectivity index (χ2v) is 15.8. The Morgan fingerprint density at radius 1 is 0.969 bits per heavy atom. The van der Waals surface area contributed by atoms with Gasteiger partial charge in [-0.15, -0.1) is 11.3 Å². The molecule has 0 atom stereocenters. The fourth-order valence-electron chi connectivity index (χ4n) is 3.13. The van der Waals surface area contributed by atoms with Gasteiger partial charge >= 0.3 is 0 Å². The fraction of sp³-hybridized carbons (Fsp3) is 0.519. The summed E-state index contributed by atoms with van der Waals surface area (Å²) in [5.74, 6) is 0.968. The SMILES string of the molecule is CCCCN(CCCC)c1ccc(/C=C/c2ccc(C=O)s2)c(O[Si](C)(C)C(C)(C)C)c1. The van der Waals surface area contributed by atoms with E-state index < -0.39 is 8.32 Å². The largest absolute Gasteiger partial charge is 0.543 e. The van der Waals surface area contributed by atoms with E-state index >= 15 is 0 Å².